The molecule has 0 saturated heterocycles. The topological polar surface area (TPSA) is 90.0 Å². The number of nitrogens with zero attached hydrogens (tertiary/aromatic N) is 6. The van der Waals surface area contributed by atoms with Crippen LogP contribution in [-0.4, -0.2) is 35.3 Å². The number of hydrogen-bond acceptors (Lipinski definition) is 5. The second-order valence-corrected chi connectivity index (χ2v) is 6.04. The molecule has 0 spiro atoms. The highest BCUT2D eigenvalue weighted by Crippen LogP contribution is 2.17. The van der Waals surface area contributed by atoms with Crippen molar-refractivity contribution in [2.45, 2.75) is 46.6 Å². The van der Waals surface area contributed by atoms with Crippen molar-refractivity contribution in [3.8, 4) is 0 Å². The highest BCUT2D eigenvalue weighted by Gasteiger charge is 2.14. The van der Waals surface area contributed by atoms with Gasteiger partial charge in [0.25, 0.3) is 5.78 Å². The predicted octanol–water partition coefficient (Wildman–Crippen LogP) is 2.09. The lowest BCUT2D eigenvalue weighted by atomic mass is 10.1. The Morgan fingerprint density at radius 2 is 2.08 bits per heavy atom. The summed E-state index contributed by atoms with van der Waals surface area (Å²) in [7, 11) is 0. The molecule has 0 aliphatic carbocycles. The number of carbonyl (C=O) groups is 1. The van der Waals surface area contributed by atoms with Crippen molar-refractivity contribution in [1.82, 2.24) is 29.4 Å². The van der Waals surface area contributed by atoms with Gasteiger partial charge in [-0.2, -0.15) is 15.2 Å². The summed E-state index contributed by atoms with van der Waals surface area (Å²) in [5.41, 5.74) is 2.88. The first-order chi connectivity index (χ1) is 11.5. The quantitative estimate of drug-likeness (QED) is 0.775. The first-order valence-electron chi connectivity index (χ1n) is 7.96. The number of fused-ring (bicyclic) bond motifs is 1. The molecule has 0 bridgehead atoms. The van der Waals surface area contributed by atoms with Crippen LogP contribution >= 0.6 is 0 Å². The molecule has 126 valence electrons. The summed E-state index contributed by atoms with van der Waals surface area (Å²) in [6, 6.07) is 2.00. The van der Waals surface area contributed by atoms with Gasteiger partial charge in [-0.25, -0.2) is 14.2 Å². The van der Waals surface area contributed by atoms with E-state index in [0.29, 0.717) is 24.4 Å². The molecule has 3 rings (SSSR count). The molecular weight excluding hydrogens is 306 g/mol. The van der Waals surface area contributed by atoms with E-state index in [4.69, 9.17) is 0 Å². The van der Waals surface area contributed by atoms with Gasteiger partial charge in [-0.05, 0) is 39.7 Å². The lowest BCUT2D eigenvalue weighted by Crippen LogP contribution is -2.17. The van der Waals surface area contributed by atoms with E-state index in [1.807, 2.05) is 27.7 Å². The average Bonchev–Trinajstić information content (AvgIpc) is 3.15. The van der Waals surface area contributed by atoms with Crippen molar-refractivity contribution in [1.29, 1.82) is 0 Å². The van der Waals surface area contributed by atoms with Crippen LogP contribution in [0.2, 0.25) is 0 Å². The Kier molecular flexibility index (Phi) is 4.28. The number of aromatic nitrogens is 6. The zero-order valence-electron chi connectivity index (χ0n) is 14.3. The molecule has 0 radical (unpaired) electrons. The zero-order chi connectivity index (χ0) is 17.3. The molecule has 3 aromatic rings. The molecule has 0 unspecified atom stereocenters. The van der Waals surface area contributed by atoms with Crippen LogP contribution in [-0.2, 0) is 11.2 Å². The third kappa shape index (κ3) is 2.99. The predicted molar refractivity (Wildman–Crippen MR) is 89.8 cm³/mol. The smallest absolute Gasteiger partial charge is 0.252 e. The molecule has 3 aromatic heterocycles. The molecule has 8 heteroatoms. The normalized spacial score (nSPS) is 11.4. The summed E-state index contributed by atoms with van der Waals surface area (Å²) in [5, 5.41) is 11.3. The molecule has 0 aliphatic rings. The molecule has 0 fully saturated rings. The van der Waals surface area contributed by atoms with Crippen LogP contribution < -0.4 is 5.32 Å². The Bertz CT molecular complexity index is 878. The van der Waals surface area contributed by atoms with Crippen LogP contribution in [0.5, 0.6) is 0 Å². The van der Waals surface area contributed by atoms with E-state index in [0.717, 1.165) is 17.0 Å². The summed E-state index contributed by atoms with van der Waals surface area (Å²) >= 11 is 0. The van der Waals surface area contributed by atoms with Crippen LogP contribution in [0.1, 0.15) is 43.3 Å². The third-order valence-electron chi connectivity index (χ3n) is 4.02. The maximum atomic E-state index is 12.3. The van der Waals surface area contributed by atoms with Gasteiger partial charge in [-0.3, -0.25) is 4.79 Å². The number of carbonyl (C=O) groups excluding carboxylic acids is 1. The zero-order valence-corrected chi connectivity index (χ0v) is 14.3. The average molecular weight is 327 g/mol. The van der Waals surface area contributed by atoms with E-state index in [-0.39, 0.29) is 11.9 Å². The second-order valence-electron chi connectivity index (χ2n) is 6.04. The van der Waals surface area contributed by atoms with Crippen molar-refractivity contribution >= 4 is 17.5 Å². The van der Waals surface area contributed by atoms with Crippen molar-refractivity contribution in [3.63, 3.8) is 0 Å². The number of nitrogens with one attached hydrogen (secondary N) is 1. The highest BCUT2D eigenvalue weighted by molar-refractivity contribution is 5.90. The summed E-state index contributed by atoms with van der Waals surface area (Å²) in [4.78, 5) is 20.8. The van der Waals surface area contributed by atoms with Gasteiger partial charge in [0.05, 0.1) is 6.20 Å². The largest absolute Gasteiger partial charge is 0.311 e. The fraction of sp³-hybridized carbons (Fsp3) is 0.438. The van der Waals surface area contributed by atoms with Gasteiger partial charge in [-0.15, -0.1) is 0 Å². The number of aryl methyl sites for hydroxylation is 2. The monoisotopic (exact) mass is 327 g/mol. The van der Waals surface area contributed by atoms with Gasteiger partial charge in [0.15, 0.2) is 0 Å². The number of amides is 1. The minimum Gasteiger partial charge on any atom is -0.311 e. The van der Waals surface area contributed by atoms with Crippen molar-refractivity contribution in [2.75, 3.05) is 5.32 Å². The maximum absolute atomic E-state index is 12.3. The van der Waals surface area contributed by atoms with Gasteiger partial charge in [0.2, 0.25) is 5.91 Å². The van der Waals surface area contributed by atoms with E-state index in [9.17, 15) is 4.79 Å². The van der Waals surface area contributed by atoms with Crippen molar-refractivity contribution in [2.24, 2.45) is 0 Å². The summed E-state index contributed by atoms with van der Waals surface area (Å²) in [6.45, 7) is 7.95. The van der Waals surface area contributed by atoms with Crippen molar-refractivity contribution < 1.29 is 4.79 Å². The van der Waals surface area contributed by atoms with Crippen LogP contribution in [0.25, 0.3) is 5.78 Å². The molecule has 0 atom stereocenters. The van der Waals surface area contributed by atoms with Crippen LogP contribution in [0.4, 0.5) is 5.82 Å². The molecule has 0 aliphatic heterocycles. The SMILES string of the molecule is Cc1nc2ncnn2c(C)c1CCC(=O)Nc1ccnn1C(C)C. The van der Waals surface area contributed by atoms with E-state index < -0.39 is 0 Å². The standard InChI is InChI=1S/C16H21N7O/c1-10(2)22-14(7-8-18-22)21-15(24)6-5-13-11(3)20-16-17-9-19-23(16)12(13)4/h7-10H,5-6H2,1-4H3,(H,21,24). The Hall–Kier alpha value is -2.77. The van der Waals surface area contributed by atoms with Crippen LogP contribution in [0.15, 0.2) is 18.6 Å². The number of hydrogen-bond donors (Lipinski definition) is 1. The van der Waals surface area contributed by atoms with Crippen molar-refractivity contribution in [3.05, 3.63) is 35.5 Å². The van der Waals surface area contributed by atoms with Gasteiger partial charge in [-0.1, -0.05) is 0 Å². The Morgan fingerprint density at radius 1 is 1.29 bits per heavy atom. The van der Waals surface area contributed by atoms with Gasteiger partial charge in [0.1, 0.15) is 12.1 Å². The van der Waals surface area contributed by atoms with E-state index in [1.54, 1.807) is 21.5 Å². The molecular formula is C16H21N7O. The Morgan fingerprint density at radius 3 is 2.83 bits per heavy atom. The molecule has 24 heavy (non-hydrogen) atoms. The third-order valence-corrected chi connectivity index (χ3v) is 4.02. The van der Waals surface area contributed by atoms with Gasteiger partial charge >= 0.3 is 0 Å². The first kappa shape index (κ1) is 16.1. The van der Waals surface area contributed by atoms with Crippen LogP contribution in [0, 0.1) is 13.8 Å². The highest BCUT2D eigenvalue weighted by atomic mass is 16.1. The molecule has 1 amide bonds. The Labute approximate surface area is 139 Å². The molecule has 8 nitrogen and oxygen atoms in total. The number of anilines is 1. The lowest BCUT2D eigenvalue weighted by Gasteiger charge is -2.13. The molecule has 0 aromatic carbocycles. The van der Waals surface area contributed by atoms with E-state index in [1.165, 1.54) is 6.33 Å². The minimum absolute atomic E-state index is 0.0464. The summed E-state index contributed by atoms with van der Waals surface area (Å²) in [5.74, 6) is 1.25. The minimum atomic E-state index is -0.0464. The van der Waals surface area contributed by atoms with Gasteiger partial charge in [0, 0.05) is 29.9 Å². The van der Waals surface area contributed by atoms with Crippen LogP contribution in [0.3, 0.4) is 0 Å². The second kappa shape index (κ2) is 6.38. The summed E-state index contributed by atoms with van der Waals surface area (Å²) in [6.07, 6.45) is 4.14. The maximum Gasteiger partial charge on any atom is 0.252 e. The summed E-state index contributed by atoms with van der Waals surface area (Å²) < 4.78 is 3.49. The Balaban J connectivity index is 1.71. The lowest BCUT2D eigenvalue weighted by molar-refractivity contribution is -0.116. The fourth-order valence-corrected chi connectivity index (χ4v) is 2.79. The number of rotatable bonds is 5. The van der Waals surface area contributed by atoms with E-state index in [2.05, 4.69) is 25.5 Å². The van der Waals surface area contributed by atoms with Gasteiger partial charge < -0.3 is 5.32 Å². The molecule has 3 heterocycles. The molecule has 0 saturated carbocycles. The first-order valence-corrected chi connectivity index (χ1v) is 7.96. The fourth-order valence-electron chi connectivity index (χ4n) is 2.79. The molecule has 1 N–H and O–H groups in total. The van der Waals surface area contributed by atoms with E-state index >= 15 is 0 Å².